The van der Waals surface area contributed by atoms with Crippen LogP contribution in [0.3, 0.4) is 0 Å². The Labute approximate surface area is 148 Å². The summed E-state index contributed by atoms with van der Waals surface area (Å²) in [5.74, 6) is -0.0831. The smallest absolute Gasteiger partial charge is 0.233 e. The minimum absolute atomic E-state index is 0.0557. The lowest BCUT2D eigenvalue weighted by molar-refractivity contribution is -0.116. The van der Waals surface area contributed by atoms with Gasteiger partial charge in [0.25, 0.3) is 0 Å². The van der Waals surface area contributed by atoms with Crippen molar-refractivity contribution in [3.8, 4) is 0 Å². The SMILES string of the molecule is CC(C)(C)c1csc(CNC[C@@H]2C(=O)Nc3cc(Br)ccc32)n1. The molecule has 0 saturated heterocycles. The van der Waals surface area contributed by atoms with E-state index in [-0.39, 0.29) is 17.2 Å². The number of carbonyl (C=O) groups is 1. The van der Waals surface area contributed by atoms with Crippen molar-refractivity contribution in [1.29, 1.82) is 0 Å². The highest BCUT2D eigenvalue weighted by Crippen LogP contribution is 2.34. The zero-order valence-corrected chi connectivity index (χ0v) is 15.8. The van der Waals surface area contributed by atoms with E-state index in [9.17, 15) is 4.79 Å². The van der Waals surface area contributed by atoms with Crippen LogP contribution < -0.4 is 10.6 Å². The second-order valence-corrected chi connectivity index (χ2v) is 8.64. The van der Waals surface area contributed by atoms with Crippen LogP contribution >= 0.6 is 27.3 Å². The zero-order valence-electron chi connectivity index (χ0n) is 13.4. The molecular formula is C17H20BrN3OS. The Morgan fingerprint density at radius 2 is 2.17 bits per heavy atom. The van der Waals surface area contributed by atoms with E-state index in [0.29, 0.717) is 13.1 Å². The van der Waals surface area contributed by atoms with Crippen molar-refractivity contribution in [2.75, 3.05) is 11.9 Å². The standard InChI is InChI=1S/C17H20BrN3OS/c1-17(2,3)14-9-23-15(21-14)8-19-7-12-11-5-4-10(18)6-13(11)20-16(12)22/h4-6,9,12,19H,7-8H2,1-3H3,(H,20,22)/t12-/m0/s1. The third-order valence-corrected chi connectivity index (χ3v) is 5.25. The van der Waals surface area contributed by atoms with Crippen molar-refractivity contribution in [2.24, 2.45) is 0 Å². The normalized spacial score (nSPS) is 17.2. The van der Waals surface area contributed by atoms with Crippen LogP contribution in [0.25, 0.3) is 0 Å². The topological polar surface area (TPSA) is 54.0 Å². The summed E-state index contributed by atoms with van der Waals surface area (Å²) in [6, 6.07) is 5.93. The van der Waals surface area contributed by atoms with Crippen LogP contribution in [0.4, 0.5) is 5.69 Å². The molecule has 0 spiro atoms. The van der Waals surface area contributed by atoms with Gasteiger partial charge < -0.3 is 10.6 Å². The number of rotatable bonds is 4. The molecule has 4 nitrogen and oxygen atoms in total. The fourth-order valence-corrected chi connectivity index (χ4v) is 3.92. The van der Waals surface area contributed by atoms with Crippen molar-refractivity contribution >= 4 is 38.9 Å². The number of anilines is 1. The fourth-order valence-electron chi connectivity index (χ4n) is 2.56. The lowest BCUT2D eigenvalue weighted by atomic mass is 9.93. The number of hydrogen-bond donors (Lipinski definition) is 2. The maximum atomic E-state index is 12.1. The van der Waals surface area contributed by atoms with Crippen LogP contribution in [-0.4, -0.2) is 17.4 Å². The van der Waals surface area contributed by atoms with Crippen LogP contribution in [0.1, 0.15) is 43.0 Å². The molecule has 0 saturated carbocycles. The Morgan fingerprint density at radius 1 is 1.39 bits per heavy atom. The van der Waals surface area contributed by atoms with Gasteiger partial charge >= 0.3 is 0 Å². The average molecular weight is 394 g/mol. The molecule has 2 N–H and O–H groups in total. The highest BCUT2D eigenvalue weighted by Gasteiger charge is 2.30. The number of nitrogens with zero attached hydrogens (tertiary/aromatic N) is 1. The molecule has 2 heterocycles. The van der Waals surface area contributed by atoms with Gasteiger partial charge in [-0.3, -0.25) is 4.79 Å². The Bertz CT molecular complexity index is 736. The number of carbonyl (C=O) groups excluding carboxylic acids is 1. The Hall–Kier alpha value is -1.24. The molecule has 122 valence electrons. The molecular weight excluding hydrogens is 374 g/mol. The van der Waals surface area contributed by atoms with Gasteiger partial charge in [-0.1, -0.05) is 42.8 Å². The Balaban J connectivity index is 1.61. The zero-order chi connectivity index (χ0) is 16.6. The highest BCUT2D eigenvalue weighted by atomic mass is 79.9. The molecule has 1 atom stereocenters. The summed E-state index contributed by atoms with van der Waals surface area (Å²) < 4.78 is 0.975. The maximum Gasteiger partial charge on any atom is 0.233 e. The number of nitrogens with one attached hydrogen (secondary N) is 2. The van der Waals surface area contributed by atoms with Gasteiger partial charge in [0.2, 0.25) is 5.91 Å². The van der Waals surface area contributed by atoms with E-state index in [1.807, 2.05) is 18.2 Å². The van der Waals surface area contributed by atoms with Gasteiger partial charge in [-0.15, -0.1) is 11.3 Å². The van der Waals surface area contributed by atoms with E-state index >= 15 is 0 Å². The molecule has 1 aliphatic heterocycles. The molecule has 1 amide bonds. The molecule has 0 fully saturated rings. The molecule has 0 bridgehead atoms. The first-order valence-electron chi connectivity index (χ1n) is 7.60. The highest BCUT2D eigenvalue weighted by molar-refractivity contribution is 9.10. The maximum absolute atomic E-state index is 12.1. The second kappa shape index (κ2) is 6.34. The first-order chi connectivity index (χ1) is 10.8. The third-order valence-electron chi connectivity index (χ3n) is 3.91. The van der Waals surface area contributed by atoms with Gasteiger partial charge in [-0.2, -0.15) is 0 Å². The number of benzene rings is 1. The Morgan fingerprint density at radius 3 is 2.87 bits per heavy atom. The number of aromatic nitrogens is 1. The molecule has 0 radical (unpaired) electrons. The van der Waals surface area contributed by atoms with Crippen LogP contribution in [-0.2, 0) is 16.8 Å². The summed E-state index contributed by atoms with van der Waals surface area (Å²) >= 11 is 5.10. The van der Waals surface area contributed by atoms with Gasteiger partial charge in [0.05, 0.1) is 11.6 Å². The first-order valence-corrected chi connectivity index (χ1v) is 9.28. The fraction of sp³-hybridized carbons (Fsp3) is 0.412. The second-order valence-electron chi connectivity index (χ2n) is 6.78. The summed E-state index contributed by atoms with van der Waals surface area (Å²) in [4.78, 5) is 16.8. The van der Waals surface area contributed by atoms with Crippen LogP contribution in [0.5, 0.6) is 0 Å². The van der Waals surface area contributed by atoms with Gasteiger partial charge in [0.1, 0.15) is 5.01 Å². The van der Waals surface area contributed by atoms with Crippen LogP contribution in [0, 0.1) is 0 Å². The van der Waals surface area contributed by atoms with E-state index in [4.69, 9.17) is 0 Å². The minimum Gasteiger partial charge on any atom is -0.325 e. The molecule has 1 aromatic heterocycles. The average Bonchev–Trinajstić information content (AvgIpc) is 3.03. The molecule has 2 aromatic rings. The van der Waals surface area contributed by atoms with E-state index < -0.39 is 0 Å². The molecule has 1 aliphatic rings. The van der Waals surface area contributed by atoms with Crippen molar-refractivity contribution in [1.82, 2.24) is 10.3 Å². The van der Waals surface area contributed by atoms with Crippen molar-refractivity contribution in [3.63, 3.8) is 0 Å². The third kappa shape index (κ3) is 3.65. The molecule has 6 heteroatoms. The predicted molar refractivity (Wildman–Crippen MR) is 98.0 cm³/mol. The van der Waals surface area contributed by atoms with E-state index in [0.717, 1.165) is 26.4 Å². The van der Waals surface area contributed by atoms with Crippen molar-refractivity contribution in [3.05, 3.63) is 44.3 Å². The van der Waals surface area contributed by atoms with E-state index in [1.54, 1.807) is 11.3 Å². The van der Waals surface area contributed by atoms with Crippen molar-refractivity contribution < 1.29 is 4.79 Å². The predicted octanol–water partition coefficient (Wildman–Crippen LogP) is 4.03. The lowest BCUT2D eigenvalue weighted by Gasteiger charge is -2.14. The van der Waals surface area contributed by atoms with Gasteiger partial charge in [-0.05, 0) is 17.7 Å². The summed E-state index contributed by atoms with van der Waals surface area (Å²) in [6.45, 7) is 7.80. The monoisotopic (exact) mass is 393 g/mol. The van der Waals surface area contributed by atoms with E-state index in [2.05, 4.69) is 57.7 Å². The molecule has 3 rings (SSSR count). The number of amides is 1. The number of hydrogen-bond acceptors (Lipinski definition) is 4. The van der Waals surface area contributed by atoms with Gasteiger partial charge in [0, 0.05) is 34.0 Å². The number of fused-ring (bicyclic) bond motifs is 1. The van der Waals surface area contributed by atoms with Crippen LogP contribution in [0.2, 0.25) is 0 Å². The molecule has 23 heavy (non-hydrogen) atoms. The molecule has 0 aliphatic carbocycles. The quantitative estimate of drug-likeness (QED) is 0.824. The summed E-state index contributed by atoms with van der Waals surface area (Å²) in [5, 5.41) is 9.49. The summed E-state index contributed by atoms with van der Waals surface area (Å²) in [7, 11) is 0. The van der Waals surface area contributed by atoms with E-state index in [1.165, 1.54) is 0 Å². The van der Waals surface area contributed by atoms with Crippen molar-refractivity contribution in [2.45, 2.75) is 38.6 Å². The largest absolute Gasteiger partial charge is 0.325 e. The summed E-state index contributed by atoms with van der Waals surface area (Å²) in [5.41, 5.74) is 3.15. The molecule has 0 unspecified atom stereocenters. The number of halogens is 1. The Kier molecular flexibility index (Phi) is 4.58. The van der Waals surface area contributed by atoms with Gasteiger partial charge in [-0.25, -0.2) is 4.98 Å². The van der Waals surface area contributed by atoms with Crippen LogP contribution in [0.15, 0.2) is 28.1 Å². The molecule has 1 aromatic carbocycles. The minimum atomic E-state index is -0.139. The number of thiazole rings is 1. The lowest BCUT2D eigenvalue weighted by Crippen LogP contribution is -2.26. The van der Waals surface area contributed by atoms with Gasteiger partial charge in [0.15, 0.2) is 0 Å². The first kappa shape index (κ1) is 16.6. The summed E-state index contributed by atoms with van der Waals surface area (Å²) in [6.07, 6.45) is 0.